The van der Waals surface area contributed by atoms with Crippen LogP contribution >= 0.6 is 11.3 Å². The van der Waals surface area contributed by atoms with E-state index in [9.17, 15) is 0 Å². The number of likely N-dealkylation sites (tertiary alicyclic amines) is 1. The third kappa shape index (κ3) is 3.04. The van der Waals surface area contributed by atoms with E-state index in [1.807, 2.05) is 11.3 Å². The maximum Gasteiger partial charge on any atom is 0.0484 e. The molecule has 19 heavy (non-hydrogen) atoms. The molecule has 0 aromatic carbocycles. The van der Waals surface area contributed by atoms with E-state index in [1.165, 1.54) is 43.5 Å². The van der Waals surface area contributed by atoms with Crippen LogP contribution in [0.4, 0.5) is 0 Å². The van der Waals surface area contributed by atoms with Crippen molar-refractivity contribution in [2.75, 3.05) is 20.1 Å². The molecule has 2 aliphatic rings. The summed E-state index contributed by atoms with van der Waals surface area (Å²) in [7, 11) is 2.10. The quantitative estimate of drug-likeness (QED) is 0.905. The summed E-state index contributed by atoms with van der Waals surface area (Å²) in [5, 5.41) is 3.43. The highest BCUT2D eigenvalue weighted by Gasteiger charge is 2.39. The normalized spacial score (nSPS) is 29.4. The molecule has 2 nitrogen and oxygen atoms in total. The van der Waals surface area contributed by atoms with E-state index < -0.39 is 0 Å². The van der Waals surface area contributed by atoms with Crippen LogP contribution in [-0.2, 0) is 0 Å². The third-order valence-electron chi connectivity index (χ3n) is 4.58. The van der Waals surface area contributed by atoms with Crippen molar-refractivity contribution >= 4 is 11.3 Å². The summed E-state index contributed by atoms with van der Waals surface area (Å²) in [6.45, 7) is 4.71. The van der Waals surface area contributed by atoms with E-state index in [0.29, 0.717) is 6.04 Å². The minimum absolute atomic E-state index is 0.668. The summed E-state index contributed by atoms with van der Waals surface area (Å²) in [6.07, 6.45) is 7.01. The molecule has 1 saturated carbocycles. The molecule has 3 heteroatoms. The molecule has 2 fully saturated rings. The van der Waals surface area contributed by atoms with Gasteiger partial charge in [0.15, 0.2) is 0 Å². The zero-order chi connectivity index (χ0) is 13.2. The molecule has 2 unspecified atom stereocenters. The first-order valence-corrected chi connectivity index (χ1v) is 8.58. The van der Waals surface area contributed by atoms with Gasteiger partial charge < -0.3 is 5.32 Å². The molecule has 1 aromatic rings. The molecule has 106 valence electrons. The largest absolute Gasteiger partial charge is 0.319 e. The Labute approximate surface area is 121 Å². The lowest BCUT2D eigenvalue weighted by Gasteiger charge is -2.34. The lowest BCUT2D eigenvalue weighted by atomic mass is 9.93. The van der Waals surface area contributed by atoms with Gasteiger partial charge in [-0.3, -0.25) is 4.90 Å². The third-order valence-corrected chi connectivity index (χ3v) is 5.65. The van der Waals surface area contributed by atoms with Gasteiger partial charge in [0.05, 0.1) is 0 Å². The molecule has 1 aromatic heterocycles. The summed E-state index contributed by atoms with van der Waals surface area (Å²) < 4.78 is 0. The van der Waals surface area contributed by atoms with Crippen LogP contribution in [-0.4, -0.2) is 31.1 Å². The van der Waals surface area contributed by atoms with E-state index in [-0.39, 0.29) is 0 Å². The maximum absolute atomic E-state index is 3.43. The van der Waals surface area contributed by atoms with E-state index in [2.05, 4.69) is 36.3 Å². The first kappa shape index (κ1) is 13.6. The topological polar surface area (TPSA) is 15.3 Å². The number of hydrogen-bond acceptors (Lipinski definition) is 3. The average Bonchev–Trinajstić information content (AvgIpc) is 3.17. The lowest BCUT2D eigenvalue weighted by Crippen LogP contribution is -2.37. The summed E-state index contributed by atoms with van der Waals surface area (Å²) in [4.78, 5) is 5.89. The highest BCUT2D eigenvalue weighted by molar-refractivity contribution is 7.12. The Morgan fingerprint density at radius 2 is 2.11 bits per heavy atom. The summed E-state index contributed by atoms with van der Waals surface area (Å²) in [6, 6.07) is 6.23. The standard InChI is InChI=1S/C16H26N2S/c1-12-6-9-15(19-12)16-13(11-17-2)5-3-4-10-18(16)14-7-8-14/h6,9,13-14,16-17H,3-5,7-8,10-11H2,1-2H3. The van der Waals surface area contributed by atoms with Crippen molar-refractivity contribution < 1.29 is 0 Å². The van der Waals surface area contributed by atoms with Gasteiger partial charge in [0, 0.05) is 21.8 Å². The Morgan fingerprint density at radius 1 is 1.26 bits per heavy atom. The highest BCUT2D eigenvalue weighted by atomic mass is 32.1. The van der Waals surface area contributed by atoms with E-state index >= 15 is 0 Å². The Hall–Kier alpha value is -0.380. The molecule has 1 aliphatic heterocycles. The molecule has 0 radical (unpaired) electrons. The molecule has 1 aliphatic carbocycles. The number of rotatable bonds is 4. The first-order valence-electron chi connectivity index (χ1n) is 7.76. The Balaban J connectivity index is 1.88. The van der Waals surface area contributed by atoms with E-state index in [0.717, 1.165) is 18.5 Å². The zero-order valence-corrected chi connectivity index (χ0v) is 13.0. The van der Waals surface area contributed by atoms with Gasteiger partial charge in [0.2, 0.25) is 0 Å². The number of thiophene rings is 1. The second-order valence-electron chi connectivity index (χ2n) is 6.18. The van der Waals surface area contributed by atoms with Crippen LogP contribution in [0.1, 0.15) is 47.9 Å². The van der Waals surface area contributed by atoms with Gasteiger partial charge in [0.25, 0.3) is 0 Å². The van der Waals surface area contributed by atoms with Crippen LogP contribution in [0.5, 0.6) is 0 Å². The number of nitrogens with zero attached hydrogens (tertiary/aromatic N) is 1. The second kappa shape index (κ2) is 5.94. The van der Waals surface area contributed by atoms with Crippen LogP contribution in [0.3, 0.4) is 0 Å². The van der Waals surface area contributed by atoms with Gasteiger partial charge in [-0.05, 0) is 70.8 Å². The average molecular weight is 278 g/mol. The molecule has 2 atom stereocenters. The van der Waals surface area contributed by atoms with Gasteiger partial charge in [-0.1, -0.05) is 6.42 Å². The van der Waals surface area contributed by atoms with Crippen molar-refractivity contribution in [2.24, 2.45) is 5.92 Å². The van der Waals surface area contributed by atoms with Gasteiger partial charge in [-0.15, -0.1) is 11.3 Å². The van der Waals surface area contributed by atoms with Crippen molar-refractivity contribution in [3.8, 4) is 0 Å². The lowest BCUT2D eigenvalue weighted by molar-refractivity contribution is 0.148. The summed E-state index contributed by atoms with van der Waals surface area (Å²) >= 11 is 2.01. The minimum Gasteiger partial charge on any atom is -0.319 e. The van der Waals surface area contributed by atoms with Crippen LogP contribution < -0.4 is 5.32 Å². The van der Waals surface area contributed by atoms with Gasteiger partial charge in [0.1, 0.15) is 0 Å². The van der Waals surface area contributed by atoms with Crippen molar-refractivity contribution in [1.29, 1.82) is 0 Å². The summed E-state index contributed by atoms with van der Waals surface area (Å²) in [5.74, 6) is 0.783. The van der Waals surface area contributed by atoms with Crippen molar-refractivity contribution in [1.82, 2.24) is 10.2 Å². The first-order chi connectivity index (χ1) is 9.29. The number of nitrogens with one attached hydrogen (secondary N) is 1. The Kier molecular flexibility index (Phi) is 4.25. The highest BCUT2D eigenvalue weighted by Crippen LogP contribution is 2.43. The van der Waals surface area contributed by atoms with Crippen LogP contribution in [0.2, 0.25) is 0 Å². The second-order valence-corrected chi connectivity index (χ2v) is 7.50. The molecule has 3 rings (SSSR count). The fourth-order valence-corrected chi connectivity index (χ4v) is 4.66. The predicted molar refractivity (Wildman–Crippen MR) is 82.8 cm³/mol. The van der Waals surface area contributed by atoms with Gasteiger partial charge in [-0.25, -0.2) is 0 Å². The van der Waals surface area contributed by atoms with E-state index in [4.69, 9.17) is 0 Å². The van der Waals surface area contributed by atoms with Crippen molar-refractivity contribution in [2.45, 2.75) is 51.1 Å². The van der Waals surface area contributed by atoms with Crippen molar-refractivity contribution in [3.05, 3.63) is 21.9 Å². The van der Waals surface area contributed by atoms with E-state index in [1.54, 1.807) is 4.88 Å². The van der Waals surface area contributed by atoms with Gasteiger partial charge in [-0.2, -0.15) is 0 Å². The zero-order valence-electron chi connectivity index (χ0n) is 12.2. The number of hydrogen-bond donors (Lipinski definition) is 1. The maximum atomic E-state index is 3.43. The molecule has 0 bridgehead atoms. The fourth-order valence-electron chi connectivity index (χ4n) is 3.57. The molecule has 1 saturated heterocycles. The molecular weight excluding hydrogens is 252 g/mol. The predicted octanol–water partition coefficient (Wildman–Crippen LogP) is 3.58. The monoisotopic (exact) mass is 278 g/mol. The molecular formula is C16H26N2S. The van der Waals surface area contributed by atoms with Crippen LogP contribution in [0, 0.1) is 12.8 Å². The van der Waals surface area contributed by atoms with Crippen molar-refractivity contribution in [3.63, 3.8) is 0 Å². The fraction of sp³-hybridized carbons (Fsp3) is 0.750. The van der Waals surface area contributed by atoms with Crippen LogP contribution in [0.25, 0.3) is 0 Å². The molecule has 0 spiro atoms. The van der Waals surface area contributed by atoms with Crippen LogP contribution in [0.15, 0.2) is 12.1 Å². The molecule has 1 N–H and O–H groups in total. The SMILES string of the molecule is CNCC1CCCCN(C2CC2)C1c1ccc(C)s1. The molecule has 0 amide bonds. The number of aryl methyl sites for hydroxylation is 1. The minimum atomic E-state index is 0.668. The summed E-state index contributed by atoms with van der Waals surface area (Å²) in [5.41, 5.74) is 0. The Bertz CT molecular complexity index is 411. The smallest absolute Gasteiger partial charge is 0.0484 e. The molecule has 2 heterocycles. The van der Waals surface area contributed by atoms with Gasteiger partial charge >= 0.3 is 0 Å². The Morgan fingerprint density at radius 3 is 2.74 bits per heavy atom.